The molecule has 22 heavy (non-hydrogen) atoms. The maximum absolute atomic E-state index is 12.4. The SMILES string of the molecule is Cc1ccc(S(=O)(=O)NC2CCN(S(C)(=O)=O)CC2)c(Cl)c1. The normalized spacial score (nSPS) is 18.5. The van der Waals surface area contributed by atoms with E-state index < -0.39 is 20.0 Å². The van der Waals surface area contributed by atoms with Crippen molar-refractivity contribution in [2.45, 2.75) is 30.7 Å². The van der Waals surface area contributed by atoms with E-state index in [2.05, 4.69) is 4.72 Å². The molecule has 1 aliphatic heterocycles. The third-order valence-electron chi connectivity index (χ3n) is 3.62. The van der Waals surface area contributed by atoms with Gasteiger partial charge in [0.2, 0.25) is 20.0 Å². The van der Waals surface area contributed by atoms with Crippen molar-refractivity contribution in [2.75, 3.05) is 19.3 Å². The summed E-state index contributed by atoms with van der Waals surface area (Å²) >= 11 is 6.01. The second-order valence-electron chi connectivity index (χ2n) is 5.49. The van der Waals surface area contributed by atoms with E-state index in [4.69, 9.17) is 11.6 Å². The molecule has 1 N–H and O–H groups in total. The standard InChI is InChI=1S/C13H19ClN2O4S2/c1-10-3-4-13(12(14)9-10)22(19,20)15-11-5-7-16(8-6-11)21(2,17)18/h3-4,9,11,15H,5-8H2,1-2H3. The summed E-state index contributed by atoms with van der Waals surface area (Å²) in [7, 11) is -6.93. The second kappa shape index (κ2) is 6.45. The minimum absolute atomic E-state index is 0.0466. The van der Waals surface area contributed by atoms with Crippen molar-refractivity contribution >= 4 is 31.6 Å². The summed E-state index contributed by atoms with van der Waals surface area (Å²) in [6, 6.07) is 4.47. The van der Waals surface area contributed by atoms with Crippen LogP contribution in [-0.4, -0.2) is 46.5 Å². The van der Waals surface area contributed by atoms with Gasteiger partial charge < -0.3 is 0 Å². The van der Waals surface area contributed by atoms with E-state index in [1.165, 1.54) is 10.4 Å². The van der Waals surface area contributed by atoms with Crippen LogP contribution in [-0.2, 0) is 20.0 Å². The van der Waals surface area contributed by atoms with Gasteiger partial charge in [0.25, 0.3) is 0 Å². The first-order valence-corrected chi connectivity index (χ1v) is 10.5. The molecule has 2 rings (SSSR count). The zero-order valence-corrected chi connectivity index (χ0v) is 14.8. The van der Waals surface area contributed by atoms with Crippen molar-refractivity contribution < 1.29 is 16.8 Å². The van der Waals surface area contributed by atoms with Crippen LogP contribution < -0.4 is 4.72 Å². The van der Waals surface area contributed by atoms with Gasteiger partial charge in [-0.05, 0) is 37.5 Å². The molecule has 1 fully saturated rings. The fourth-order valence-electron chi connectivity index (χ4n) is 2.41. The lowest BCUT2D eigenvalue weighted by Gasteiger charge is -2.30. The lowest BCUT2D eigenvalue weighted by Crippen LogP contribution is -2.46. The Balaban J connectivity index is 2.08. The van der Waals surface area contributed by atoms with Gasteiger partial charge in [-0.2, -0.15) is 0 Å². The average Bonchev–Trinajstić information content (AvgIpc) is 2.37. The lowest BCUT2D eigenvalue weighted by molar-refractivity contribution is 0.310. The number of hydrogen-bond acceptors (Lipinski definition) is 4. The van der Waals surface area contributed by atoms with E-state index in [1.54, 1.807) is 12.1 Å². The molecule has 0 atom stereocenters. The summed E-state index contributed by atoms with van der Waals surface area (Å²) in [4.78, 5) is 0.0466. The van der Waals surface area contributed by atoms with Crippen molar-refractivity contribution in [1.82, 2.24) is 9.03 Å². The fraction of sp³-hybridized carbons (Fsp3) is 0.538. The number of sulfonamides is 2. The summed E-state index contributed by atoms with van der Waals surface area (Å²) in [6.07, 6.45) is 2.04. The molecule has 0 bridgehead atoms. The minimum Gasteiger partial charge on any atom is -0.213 e. The molecule has 0 aromatic heterocycles. The molecular weight excluding hydrogens is 348 g/mol. The first-order chi connectivity index (χ1) is 10.1. The van der Waals surface area contributed by atoms with Crippen LogP contribution in [0.25, 0.3) is 0 Å². The van der Waals surface area contributed by atoms with Gasteiger partial charge in [0.1, 0.15) is 4.90 Å². The largest absolute Gasteiger partial charge is 0.242 e. The monoisotopic (exact) mass is 366 g/mol. The van der Waals surface area contributed by atoms with E-state index in [-0.39, 0.29) is 16.0 Å². The molecule has 6 nitrogen and oxygen atoms in total. The Morgan fingerprint density at radius 3 is 2.27 bits per heavy atom. The van der Waals surface area contributed by atoms with Crippen LogP contribution >= 0.6 is 11.6 Å². The number of nitrogens with one attached hydrogen (secondary N) is 1. The number of benzene rings is 1. The molecule has 1 heterocycles. The van der Waals surface area contributed by atoms with E-state index in [1.807, 2.05) is 6.92 Å². The van der Waals surface area contributed by atoms with E-state index in [0.717, 1.165) is 11.8 Å². The molecule has 0 radical (unpaired) electrons. The second-order valence-corrected chi connectivity index (χ2v) is 9.56. The van der Waals surface area contributed by atoms with Crippen LogP contribution in [0.3, 0.4) is 0 Å². The van der Waals surface area contributed by atoms with E-state index in [0.29, 0.717) is 25.9 Å². The average molecular weight is 367 g/mol. The van der Waals surface area contributed by atoms with Crippen LogP contribution in [0.2, 0.25) is 5.02 Å². The van der Waals surface area contributed by atoms with Gasteiger partial charge >= 0.3 is 0 Å². The zero-order valence-electron chi connectivity index (χ0n) is 12.4. The maximum atomic E-state index is 12.4. The Labute approximate surface area is 136 Å². The number of hydrogen-bond donors (Lipinski definition) is 1. The number of piperidine rings is 1. The van der Waals surface area contributed by atoms with Crippen LogP contribution in [0, 0.1) is 6.92 Å². The van der Waals surface area contributed by atoms with Crippen LogP contribution in [0.4, 0.5) is 0 Å². The van der Waals surface area contributed by atoms with Crippen molar-refractivity contribution in [3.63, 3.8) is 0 Å². The summed E-state index contributed by atoms with van der Waals surface area (Å²) in [6.45, 7) is 2.46. The van der Waals surface area contributed by atoms with Gasteiger partial charge in [-0.25, -0.2) is 25.9 Å². The highest BCUT2D eigenvalue weighted by Crippen LogP contribution is 2.24. The van der Waals surface area contributed by atoms with E-state index >= 15 is 0 Å². The predicted octanol–water partition coefficient (Wildman–Crippen LogP) is 1.35. The van der Waals surface area contributed by atoms with Gasteiger partial charge in [0.05, 0.1) is 11.3 Å². The first-order valence-electron chi connectivity index (χ1n) is 6.83. The van der Waals surface area contributed by atoms with Crippen molar-refractivity contribution in [3.8, 4) is 0 Å². The Hall–Kier alpha value is -0.670. The van der Waals surface area contributed by atoms with Crippen LogP contribution in [0.5, 0.6) is 0 Å². The molecule has 0 amide bonds. The van der Waals surface area contributed by atoms with Gasteiger partial charge in [-0.3, -0.25) is 0 Å². The quantitative estimate of drug-likeness (QED) is 0.871. The van der Waals surface area contributed by atoms with Gasteiger partial charge in [-0.1, -0.05) is 17.7 Å². The Morgan fingerprint density at radius 1 is 1.18 bits per heavy atom. The first kappa shape index (κ1) is 17.7. The Kier molecular flexibility index (Phi) is 5.18. The third kappa shape index (κ3) is 4.20. The highest BCUT2D eigenvalue weighted by atomic mass is 35.5. The van der Waals surface area contributed by atoms with Crippen molar-refractivity contribution in [1.29, 1.82) is 0 Å². The van der Waals surface area contributed by atoms with Gasteiger partial charge in [-0.15, -0.1) is 0 Å². The highest BCUT2D eigenvalue weighted by molar-refractivity contribution is 7.89. The molecular formula is C13H19ClN2O4S2. The minimum atomic E-state index is -3.71. The van der Waals surface area contributed by atoms with Gasteiger partial charge in [0.15, 0.2) is 0 Å². The zero-order chi connectivity index (χ0) is 16.5. The summed E-state index contributed by atoms with van der Waals surface area (Å²) in [5, 5.41) is 0.182. The molecule has 0 spiro atoms. The van der Waals surface area contributed by atoms with Crippen LogP contribution in [0.1, 0.15) is 18.4 Å². The summed E-state index contributed by atoms with van der Waals surface area (Å²) in [5.74, 6) is 0. The smallest absolute Gasteiger partial charge is 0.213 e. The molecule has 0 unspecified atom stereocenters. The molecule has 1 aromatic rings. The number of rotatable bonds is 4. The van der Waals surface area contributed by atoms with E-state index in [9.17, 15) is 16.8 Å². The number of aryl methyl sites for hydroxylation is 1. The molecule has 0 saturated carbocycles. The van der Waals surface area contributed by atoms with Crippen molar-refractivity contribution in [3.05, 3.63) is 28.8 Å². The fourth-order valence-corrected chi connectivity index (χ4v) is 5.19. The molecule has 1 aromatic carbocycles. The molecule has 124 valence electrons. The molecule has 1 aliphatic rings. The summed E-state index contributed by atoms with van der Waals surface area (Å²) < 4.78 is 51.6. The molecule has 0 aliphatic carbocycles. The van der Waals surface area contributed by atoms with Gasteiger partial charge in [0, 0.05) is 19.1 Å². The highest BCUT2D eigenvalue weighted by Gasteiger charge is 2.28. The molecule has 1 saturated heterocycles. The Morgan fingerprint density at radius 2 is 1.77 bits per heavy atom. The summed E-state index contributed by atoms with van der Waals surface area (Å²) in [5.41, 5.74) is 0.880. The number of halogens is 1. The lowest BCUT2D eigenvalue weighted by atomic mass is 10.1. The maximum Gasteiger partial charge on any atom is 0.242 e. The number of nitrogens with zero attached hydrogens (tertiary/aromatic N) is 1. The topological polar surface area (TPSA) is 83.6 Å². The predicted molar refractivity (Wildman–Crippen MR) is 85.9 cm³/mol. The third-order valence-corrected chi connectivity index (χ3v) is 6.93. The van der Waals surface area contributed by atoms with Crippen molar-refractivity contribution in [2.24, 2.45) is 0 Å². The van der Waals surface area contributed by atoms with Crippen LogP contribution in [0.15, 0.2) is 23.1 Å². The molecule has 9 heteroatoms. The Bertz CT molecular complexity index is 754.